The molecule has 0 bridgehead atoms. The second-order valence-corrected chi connectivity index (χ2v) is 6.03. The van der Waals surface area contributed by atoms with E-state index in [1.54, 1.807) is 6.20 Å². The number of hydrogen-bond donors (Lipinski definition) is 0. The van der Waals surface area contributed by atoms with Crippen molar-refractivity contribution < 1.29 is 13.9 Å². The maximum Gasteiger partial charge on any atom is 0.223 e. The average molecular weight is 335 g/mol. The smallest absolute Gasteiger partial charge is 0.223 e. The molecule has 6 heteroatoms. The molecule has 1 atom stereocenters. The molecule has 5 nitrogen and oxygen atoms in total. The van der Waals surface area contributed by atoms with Crippen LogP contribution < -0.4 is 0 Å². The molecule has 0 radical (unpaired) electrons. The van der Waals surface area contributed by atoms with Crippen LogP contribution >= 0.6 is 11.6 Å². The fourth-order valence-corrected chi connectivity index (χ4v) is 2.86. The summed E-state index contributed by atoms with van der Waals surface area (Å²) in [7, 11) is 0. The van der Waals surface area contributed by atoms with Gasteiger partial charge in [0.2, 0.25) is 5.91 Å². The highest BCUT2D eigenvalue weighted by Crippen LogP contribution is 2.28. The van der Waals surface area contributed by atoms with Crippen LogP contribution in [0.3, 0.4) is 0 Å². The van der Waals surface area contributed by atoms with Crippen LogP contribution in [0.25, 0.3) is 11.3 Å². The van der Waals surface area contributed by atoms with Crippen LogP contribution in [0.1, 0.15) is 19.2 Å². The minimum atomic E-state index is 0.0984. The summed E-state index contributed by atoms with van der Waals surface area (Å²) in [4.78, 5) is 18.3. The van der Waals surface area contributed by atoms with Crippen LogP contribution in [0.15, 0.2) is 34.9 Å². The lowest BCUT2D eigenvalue weighted by Gasteiger charge is -2.31. The largest absolute Gasteiger partial charge is 0.441 e. The second-order valence-electron chi connectivity index (χ2n) is 5.62. The van der Waals surface area contributed by atoms with Gasteiger partial charge in [-0.05, 0) is 19.1 Å². The van der Waals surface area contributed by atoms with E-state index in [2.05, 4.69) is 4.98 Å². The molecule has 0 saturated carbocycles. The summed E-state index contributed by atoms with van der Waals surface area (Å²) in [6.07, 6.45) is 2.61. The van der Waals surface area contributed by atoms with Crippen LogP contribution in [-0.4, -0.2) is 41.6 Å². The quantitative estimate of drug-likeness (QED) is 0.861. The highest BCUT2D eigenvalue weighted by Gasteiger charge is 2.21. The molecule has 23 heavy (non-hydrogen) atoms. The molecule has 1 aliphatic heterocycles. The van der Waals surface area contributed by atoms with Gasteiger partial charge in [-0.1, -0.05) is 23.7 Å². The SMILES string of the molecule is CC1CN(C(=O)CCc2ncc(-c3ccccc3Cl)o2)CCO1. The molecule has 0 aliphatic carbocycles. The number of ether oxygens (including phenoxy) is 1. The van der Waals surface area contributed by atoms with Gasteiger partial charge < -0.3 is 14.1 Å². The molecule has 1 saturated heterocycles. The number of hydrogen-bond acceptors (Lipinski definition) is 4. The highest BCUT2D eigenvalue weighted by atomic mass is 35.5. The average Bonchev–Trinajstić information content (AvgIpc) is 3.02. The number of morpholine rings is 1. The fraction of sp³-hybridized carbons (Fsp3) is 0.412. The van der Waals surface area contributed by atoms with Crippen molar-refractivity contribution in [3.63, 3.8) is 0 Å². The second kappa shape index (κ2) is 7.15. The fourth-order valence-electron chi connectivity index (χ4n) is 2.63. The first-order valence-electron chi connectivity index (χ1n) is 7.72. The number of halogens is 1. The Morgan fingerprint density at radius 3 is 3.04 bits per heavy atom. The van der Waals surface area contributed by atoms with E-state index in [1.165, 1.54) is 0 Å². The molecule has 1 fully saturated rings. The van der Waals surface area contributed by atoms with Crippen molar-refractivity contribution in [2.45, 2.75) is 25.9 Å². The Labute approximate surface area is 140 Å². The van der Waals surface area contributed by atoms with E-state index in [-0.39, 0.29) is 12.0 Å². The monoisotopic (exact) mass is 334 g/mol. The Hall–Kier alpha value is -1.85. The zero-order valence-electron chi connectivity index (χ0n) is 13.0. The van der Waals surface area contributed by atoms with Crippen molar-refractivity contribution in [1.82, 2.24) is 9.88 Å². The first-order chi connectivity index (χ1) is 11.1. The van der Waals surface area contributed by atoms with Gasteiger partial charge in [-0.15, -0.1) is 0 Å². The molecule has 1 amide bonds. The van der Waals surface area contributed by atoms with Crippen molar-refractivity contribution in [2.24, 2.45) is 0 Å². The first-order valence-corrected chi connectivity index (χ1v) is 8.10. The van der Waals surface area contributed by atoms with Gasteiger partial charge in [-0.2, -0.15) is 0 Å². The molecule has 0 spiro atoms. The minimum Gasteiger partial charge on any atom is -0.441 e. The number of aryl methyl sites for hydroxylation is 1. The molecule has 0 N–H and O–H groups in total. The molecule has 3 rings (SSSR count). The third-order valence-electron chi connectivity index (χ3n) is 3.84. The molecular formula is C17H19ClN2O3. The van der Waals surface area contributed by atoms with E-state index in [4.69, 9.17) is 20.8 Å². The number of carbonyl (C=O) groups excluding carboxylic acids is 1. The van der Waals surface area contributed by atoms with Gasteiger partial charge in [0.1, 0.15) is 0 Å². The Balaban J connectivity index is 1.59. The van der Waals surface area contributed by atoms with E-state index < -0.39 is 0 Å². The lowest BCUT2D eigenvalue weighted by molar-refractivity contribution is -0.138. The predicted octanol–water partition coefficient (Wildman–Crippen LogP) is 3.17. The Bertz CT molecular complexity index is 686. The summed E-state index contributed by atoms with van der Waals surface area (Å²) in [5.74, 6) is 1.28. The van der Waals surface area contributed by atoms with Gasteiger partial charge in [0.25, 0.3) is 0 Å². The van der Waals surface area contributed by atoms with Crippen molar-refractivity contribution in [1.29, 1.82) is 0 Å². The third-order valence-corrected chi connectivity index (χ3v) is 4.17. The first kappa shape index (κ1) is 16.0. The summed E-state index contributed by atoms with van der Waals surface area (Å²) in [6.45, 7) is 3.88. The standard InChI is InChI=1S/C17H19ClN2O3/c1-12-11-20(8-9-22-12)17(21)7-6-16-19-10-15(23-16)13-4-2-3-5-14(13)18/h2-5,10,12H,6-9,11H2,1H3. The number of oxazole rings is 1. The zero-order valence-corrected chi connectivity index (χ0v) is 13.8. The Morgan fingerprint density at radius 1 is 1.43 bits per heavy atom. The Morgan fingerprint density at radius 2 is 2.26 bits per heavy atom. The topological polar surface area (TPSA) is 55.6 Å². The van der Waals surface area contributed by atoms with Gasteiger partial charge >= 0.3 is 0 Å². The van der Waals surface area contributed by atoms with Crippen molar-refractivity contribution in [3.05, 3.63) is 41.4 Å². The van der Waals surface area contributed by atoms with E-state index in [9.17, 15) is 4.79 Å². The number of aromatic nitrogens is 1. The lowest BCUT2D eigenvalue weighted by atomic mass is 10.2. The summed E-state index contributed by atoms with van der Waals surface area (Å²) in [5, 5.41) is 0.619. The van der Waals surface area contributed by atoms with E-state index in [1.807, 2.05) is 36.1 Å². The number of rotatable bonds is 4. The summed E-state index contributed by atoms with van der Waals surface area (Å²) >= 11 is 6.15. The summed E-state index contributed by atoms with van der Waals surface area (Å²) in [6, 6.07) is 7.45. The molecule has 2 heterocycles. The molecular weight excluding hydrogens is 316 g/mol. The number of benzene rings is 1. The van der Waals surface area contributed by atoms with Crippen molar-refractivity contribution >= 4 is 17.5 Å². The van der Waals surface area contributed by atoms with Crippen LogP contribution in [0, 0.1) is 0 Å². The van der Waals surface area contributed by atoms with E-state index in [0.29, 0.717) is 49.2 Å². The lowest BCUT2D eigenvalue weighted by Crippen LogP contribution is -2.44. The van der Waals surface area contributed by atoms with Crippen molar-refractivity contribution in [2.75, 3.05) is 19.7 Å². The maximum atomic E-state index is 12.2. The van der Waals surface area contributed by atoms with E-state index >= 15 is 0 Å². The molecule has 1 unspecified atom stereocenters. The third kappa shape index (κ3) is 3.92. The van der Waals surface area contributed by atoms with Crippen LogP contribution in [-0.2, 0) is 16.0 Å². The maximum absolute atomic E-state index is 12.2. The van der Waals surface area contributed by atoms with Crippen molar-refractivity contribution in [3.8, 4) is 11.3 Å². The number of carbonyl (C=O) groups is 1. The number of nitrogens with zero attached hydrogens (tertiary/aromatic N) is 2. The number of amides is 1. The van der Waals surface area contributed by atoms with Gasteiger partial charge in [0.15, 0.2) is 11.7 Å². The van der Waals surface area contributed by atoms with Gasteiger partial charge in [0.05, 0.1) is 23.9 Å². The molecule has 1 aliphatic rings. The minimum absolute atomic E-state index is 0.0984. The van der Waals surface area contributed by atoms with Gasteiger partial charge in [-0.3, -0.25) is 4.79 Å². The van der Waals surface area contributed by atoms with E-state index in [0.717, 1.165) is 5.56 Å². The van der Waals surface area contributed by atoms with Crippen LogP contribution in [0.5, 0.6) is 0 Å². The van der Waals surface area contributed by atoms with Crippen LogP contribution in [0.2, 0.25) is 5.02 Å². The van der Waals surface area contributed by atoms with Gasteiger partial charge in [-0.25, -0.2) is 4.98 Å². The van der Waals surface area contributed by atoms with Crippen LogP contribution in [0.4, 0.5) is 0 Å². The molecule has 2 aromatic rings. The Kier molecular flexibility index (Phi) is 4.98. The zero-order chi connectivity index (χ0) is 16.2. The highest BCUT2D eigenvalue weighted by molar-refractivity contribution is 6.33. The molecule has 1 aromatic heterocycles. The normalized spacial score (nSPS) is 18.2. The molecule has 122 valence electrons. The molecule has 1 aromatic carbocycles. The summed E-state index contributed by atoms with van der Waals surface area (Å²) in [5.41, 5.74) is 0.807. The predicted molar refractivity (Wildman–Crippen MR) is 87.3 cm³/mol. The summed E-state index contributed by atoms with van der Waals surface area (Å²) < 4.78 is 11.2. The van der Waals surface area contributed by atoms with Gasteiger partial charge in [0, 0.05) is 31.5 Å².